The molecule has 1 aromatic carbocycles. The number of rotatable bonds is 2. The summed E-state index contributed by atoms with van der Waals surface area (Å²) < 4.78 is 4.66. The Hall–Kier alpha value is -1.84. The van der Waals surface area contributed by atoms with Crippen LogP contribution in [0.1, 0.15) is 16.7 Å². The van der Waals surface area contributed by atoms with Gasteiger partial charge in [-0.3, -0.25) is 0 Å². The molecule has 0 saturated heterocycles. The molecule has 1 radical (unpaired) electrons. The Labute approximate surface area is 76.8 Å². The van der Waals surface area contributed by atoms with Crippen molar-refractivity contribution in [2.75, 3.05) is 0 Å². The third-order valence-corrected chi connectivity index (χ3v) is 1.62. The van der Waals surface area contributed by atoms with Gasteiger partial charge in [0, 0.05) is 0 Å². The van der Waals surface area contributed by atoms with Gasteiger partial charge in [-0.1, -0.05) is 6.07 Å². The van der Waals surface area contributed by atoms with Crippen molar-refractivity contribution in [2.24, 2.45) is 0 Å². The van der Waals surface area contributed by atoms with E-state index in [0.29, 0.717) is 11.1 Å². The molecule has 13 heavy (non-hydrogen) atoms. The molecule has 0 N–H and O–H groups in total. The predicted molar refractivity (Wildman–Crippen MR) is 46.0 cm³/mol. The summed E-state index contributed by atoms with van der Waals surface area (Å²) >= 11 is 0. The number of ether oxygens (including phenoxy) is 1. The van der Waals surface area contributed by atoms with Crippen LogP contribution in [-0.4, -0.2) is 0 Å². The van der Waals surface area contributed by atoms with Crippen LogP contribution in [0.2, 0.25) is 0 Å². The molecule has 0 heterocycles. The van der Waals surface area contributed by atoms with Gasteiger partial charge in [-0.15, -0.1) is 0 Å². The first-order chi connectivity index (χ1) is 6.31. The maximum absolute atomic E-state index is 8.73. The third kappa shape index (κ3) is 2.05. The molecule has 0 bridgehead atoms. The number of hydrogen-bond donors (Lipinski definition) is 0. The second-order valence-corrected chi connectivity index (χ2v) is 2.44. The summed E-state index contributed by atoms with van der Waals surface area (Å²) in [7, 11) is 3.22. The van der Waals surface area contributed by atoms with Crippen molar-refractivity contribution in [2.45, 2.75) is 6.61 Å². The standard InChI is InChI=1S/C10H7N2O/c1-13-7-9-3-2-8(5-11)4-10(9)6-12/h2-4H,1,7H2. The van der Waals surface area contributed by atoms with Crippen molar-refractivity contribution in [3.63, 3.8) is 0 Å². The van der Waals surface area contributed by atoms with E-state index in [1.54, 1.807) is 12.1 Å². The van der Waals surface area contributed by atoms with Crippen LogP contribution in [0.25, 0.3) is 0 Å². The lowest BCUT2D eigenvalue weighted by Crippen LogP contribution is -1.92. The lowest BCUT2D eigenvalue weighted by atomic mass is 10.1. The van der Waals surface area contributed by atoms with Crippen LogP contribution in [0.3, 0.4) is 0 Å². The van der Waals surface area contributed by atoms with Crippen LogP contribution in [0.4, 0.5) is 0 Å². The van der Waals surface area contributed by atoms with Gasteiger partial charge in [-0.05, 0) is 17.7 Å². The highest BCUT2D eigenvalue weighted by Gasteiger charge is 2.02. The van der Waals surface area contributed by atoms with E-state index in [4.69, 9.17) is 10.5 Å². The lowest BCUT2D eigenvalue weighted by Gasteiger charge is -2.01. The van der Waals surface area contributed by atoms with Gasteiger partial charge in [0.1, 0.15) is 0 Å². The Morgan fingerprint density at radius 2 is 2.08 bits per heavy atom. The van der Waals surface area contributed by atoms with E-state index in [9.17, 15) is 0 Å². The van der Waals surface area contributed by atoms with Crippen molar-refractivity contribution < 1.29 is 4.74 Å². The molecule has 0 amide bonds. The minimum absolute atomic E-state index is 0.286. The summed E-state index contributed by atoms with van der Waals surface area (Å²) in [6.07, 6.45) is 0. The van der Waals surface area contributed by atoms with Crippen LogP contribution in [-0.2, 0) is 11.3 Å². The molecular formula is C10H7N2O. The van der Waals surface area contributed by atoms with Crippen molar-refractivity contribution in [3.8, 4) is 12.1 Å². The molecule has 0 unspecified atom stereocenters. The molecule has 0 spiro atoms. The predicted octanol–water partition coefficient (Wildman–Crippen LogP) is 1.74. The Morgan fingerprint density at radius 1 is 1.31 bits per heavy atom. The molecule has 1 aromatic rings. The van der Waals surface area contributed by atoms with Crippen molar-refractivity contribution in [1.29, 1.82) is 10.5 Å². The zero-order chi connectivity index (χ0) is 9.68. The van der Waals surface area contributed by atoms with E-state index in [1.165, 1.54) is 6.07 Å². The minimum atomic E-state index is 0.286. The molecule has 0 fully saturated rings. The fourth-order valence-corrected chi connectivity index (χ4v) is 0.986. The molecule has 0 aliphatic carbocycles. The van der Waals surface area contributed by atoms with E-state index in [1.807, 2.05) is 12.1 Å². The maximum atomic E-state index is 8.73. The third-order valence-electron chi connectivity index (χ3n) is 1.62. The van der Waals surface area contributed by atoms with Gasteiger partial charge < -0.3 is 4.74 Å². The normalized spacial score (nSPS) is 8.85. The molecule has 0 aliphatic rings. The van der Waals surface area contributed by atoms with Crippen LogP contribution in [0, 0.1) is 29.8 Å². The van der Waals surface area contributed by atoms with E-state index in [2.05, 4.69) is 11.8 Å². The van der Waals surface area contributed by atoms with Gasteiger partial charge in [0.05, 0.1) is 37.0 Å². The zero-order valence-electron chi connectivity index (χ0n) is 6.95. The fraction of sp³-hybridized carbons (Fsp3) is 0.100. The fourth-order valence-electron chi connectivity index (χ4n) is 0.986. The smallest absolute Gasteiger partial charge is 0.0995 e. The molecular weight excluding hydrogens is 164 g/mol. The molecule has 0 atom stereocenters. The highest BCUT2D eigenvalue weighted by molar-refractivity contribution is 5.44. The maximum Gasteiger partial charge on any atom is 0.0995 e. The first kappa shape index (κ1) is 9.25. The number of hydrogen-bond acceptors (Lipinski definition) is 3. The highest BCUT2D eigenvalue weighted by atomic mass is 16.5. The number of nitriles is 2. The summed E-state index contributed by atoms with van der Waals surface area (Å²) in [5.41, 5.74) is 1.68. The van der Waals surface area contributed by atoms with Crippen LogP contribution in [0.5, 0.6) is 0 Å². The topological polar surface area (TPSA) is 56.8 Å². The van der Waals surface area contributed by atoms with E-state index >= 15 is 0 Å². The Kier molecular flexibility index (Phi) is 3.03. The van der Waals surface area contributed by atoms with Crippen molar-refractivity contribution in [1.82, 2.24) is 0 Å². The van der Waals surface area contributed by atoms with Gasteiger partial charge >= 0.3 is 0 Å². The molecule has 0 aliphatic heterocycles. The SMILES string of the molecule is [CH2]OCc1ccc(C#N)cc1C#N. The van der Waals surface area contributed by atoms with Crippen molar-refractivity contribution in [3.05, 3.63) is 42.0 Å². The Bertz CT molecular complexity index is 385. The second-order valence-electron chi connectivity index (χ2n) is 2.44. The van der Waals surface area contributed by atoms with E-state index in [-0.39, 0.29) is 6.61 Å². The summed E-state index contributed by atoms with van der Waals surface area (Å²) in [6.45, 7) is 0.286. The summed E-state index contributed by atoms with van der Waals surface area (Å²) in [6, 6.07) is 8.84. The second kappa shape index (κ2) is 4.25. The molecule has 1 rings (SSSR count). The molecule has 0 aromatic heterocycles. The first-order valence-electron chi connectivity index (χ1n) is 3.62. The average molecular weight is 171 g/mol. The molecule has 63 valence electrons. The molecule has 3 heteroatoms. The molecule has 3 nitrogen and oxygen atoms in total. The van der Waals surface area contributed by atoms with Crippen molar-refractivity contribution >= 4 is 0 Å². The average Bonchev–Trinajstić information content (AvgIpc) is 2.19. The van der Waals surface area contributed by atoms with Gasteiger partial charge in [-0.2, -0.15) is 10.5 Å². The van der Waals surface area contributed by atoms with Crippen LogP contribution in [0.15, 0.2) is 18.2 Å². The largest absolute Gasteiger partial charge is 0.374 e. The van der Waals surface area contributed by atoms with Crippen LogP contribution < -0.4 is 0 Å². The Balaban J connectivity index is 3.12. The summed E-state index contributed by atoms with van der Waals surface area (Å²) in [4.78, 5) is 0. The van der Waals surface area contributed by atoms with E-state index < -0.39 is 0 Å². The summed E-state index contributed by atoms with van der Waals surface area (Å²) in [5, 5.41) is 17.3. The zero-order valence-corrected chi connectivity index (χ0v) is 6.95. The van der Waals surface area contributed by atoms with Gasteiger partial charge in [0.2, 0.25) is 0 Å². The van der Waals surface area contributed by atoms with E-state index in [0.717, 1.165) is 5.56 Å². The molecule has 0 saturated carbocycles. The monoisotopic (exact) mass is 171 g/mol. The van der Waals surface area contributed by atoms with Gasteiger partial charge in [-0.25, -0.2) is 0 Å². The summed E-state index contributed by atoms with van der Waals surface area (Å²) in [5.74, 6) is 0. The number of nitrogens with zero attached hydrogens (tertiary/aromatic N) is 2. The number of benzene rings is 1. The highest BCUT2D eigenvalue weighted by Crippen LogP contribution is 2.11. The quantitative estimate of drug-likeness (QED) is 0.680. The van der Waals surface area contributed by atoms with Gasteiger partial charge in [0.25, 0.3) is 0 Å². The van der Waals surface area contributed by atoms with Gasteiger partial charge in [0.15, 0.2) is 0 Å². The Morgan fingerprint density at radius 3 is 2.62 bits per heavy atom. The first-order valence-corrected chi connectivity index (χ1v) is 3.62. The lowest BCUT2D eigenvalue weighted by molar-refractivity contribution is 0.228. The minimum Gasteiger partial charge on any atom is -0.374 e. The van der Waals surface area contributed by atoms with Crippen LogP contribution >= 0.6 is 0 Å².